The summed E-state index contributed by atoms with van der Waals surface area (Å²) in [5, 5.41) is 12.1. The highest BCUT2D eigenvalue weighted by molar-refractivity contribution is 5.98. The molecule has 0 saturated carbocycles. The normalized spacial score (nSPS) is 15.9. The summed E-state index contributed by atoms with van der Waals surface area (Å²) >= 11 is 0. The first-order chi connectivity index (χ1) is 6.90. The van der Waals surface area contributed by atoms with E-state index < -0.39 is 0 Å². The Hall–Kier alpha value is -1.42. The molecule has 2 rings (SSSR count). The van der Waals surface area contributed by atoms with E-state index in [0.717, 1.165) is 30.9 Å². The van der Waals surface area contributed by atoms with Crippen LogP contribution in [0.25, 0.3) is 0 Å². The van der Waals surface area contributed by atoms with E-state index in [1.807, 2.05) is 12.1 Å². The van der Waals surface area contributed by atoms with Crippen molar-refractivity contribution in [1.29, 1.82) is 0 Å². The third-order valence-electron chi connectivity index (χ3n) is 2.16. The van der Waals surface area contributed by atoms with Gasteiger partial charge in [0.15, 0.2) is 0 Å². The van der Waals surface area contributed by atoms with Crippen molar-refractivity contribution < 1.29 is 5.11 Å². The molecule has 0 unspecified atom stereocenters. The van der Waals surface area contributed by atoms with Crippen LogP contribution in [-0.2, 0) is 6.61 Å². The molecule has 1 aromatic rings. The zero-order chi connectivity index (χ0) is 9.80. The molecule has 1 aliphatic rings. The molecule has 0 spiro atoms. The van der Waals surface area contributed by atoms with Crippen LogP contribution in [0.3, 0.4) is 0 Å². The van der Waals surface area contributed by atoms with Gasteiger partial charge in [-0.3, -0.25) is 9.98 Å². The number of rotatable bonds is 2. The highest BCUT2D eigenvalue weighted by atomic mass is 16.3. The van der Waals surface area contributed by atoms with Gasteiger partial charge in [0.05, 0.1) is 12.3 Å². The van der Waals surface area contributed by atoms with Crippen molar-refractivity contribution >= 4 is 5.84 Å². The van der Waals surface area contributed by atoms with E-state index in [9.17, 15) is 0 Å². The molecule has 0 amide bonds. The number of aliphatic imine (C=N–C) groups is 1. The number of aliphatic hydroxyl groups excluding tert-OH is 1. The van der Waals surface area contributed by atoms with Crippen LogP contribution in [0.5, 0.6) is 0 Å². The first kappa shape index (κ1) is 9.15. The molecular formula is C10H13N3O. The summed E-state index contributed by atoms with van der Waals surface area (Å²) < 4.78 is 0. The predicted octanol–water partition coefficient (Wildman–Crippen LogP) is 0.314. The monoisotopic (exact) mass is 191 g/mol. The molecule has 0 aromatic carbocycles. The lowest BCUT2D eigenvalue weighted by Crippen LogP contribution is -2.30. The molecule has 4 heteroatoms. The van der Waals surface area contributed by atoms with Crippen molar-refractivity contribution in [3.05, 3.63) is 29.6 Å². The van der Waals surface area contributed by atoms with Gasteiger partial charge in [-0.15, -0.1) is 0 Å². The molecule has 2 heterocycles. The fraction of sp³-hybridized carbons (Fsp3) is 0.400. The second kappa shape index (κ2) is 4.19. The Bertz CT molecular complexity index is 332. The van der Waals surface area contributed by atoms with Crippen LogP contribution in [0.15, 0.2) is 23.3 Å². The Labute approximate surface area is 82.7 Å². The summed E-state index contributed by atoms with van der Waals surface area (Å²) in [5.74, 6) is 0.910. The SMILES string of the molecule is OCc1ccc(C2=NCCCN2)cn1. The summed E-state index contributed by atoms with van der Waals surface area (Å²) in [6.45, 7) is 1.84. The van der Waals surface area contributed by atoms with Crippen LogP contribution in [0.2, 0.25) is 0 Å². The molecule has 0 radical (unpaired) electrons. The average Bonchev–Trinajstić information content (AvgIpc) is 2.30. The van der Waals surface area contributed by atoms with E-state index in [2.05, 4.69) is 15.3 Å². The minimum absolute atomic E-state index is 0.0137. The Morgan fingerprint density at radius 3 is 2.93 bits per heavy atom. The van der Waals surface area contributed by atoms with Crippen molar-refractivity contribution in [2.75, 3.05) is 13.1 Å². The van der Waals surface area contributed by atoms with Crippen molar-refractivity contribution in [1.82, 2.24) is 10.3 Å². The zero-order valence-corrected chi connectivity index (χ0v) is 7.90. The number of hydrogen-bond acceptors (Lipinski definition) is 4. The predicted molar refractivity (Wildman–Crippen MR) is 54.2 cm³/mol. The number of nitrogens with zero attached hydrogens (tertiary/aromatic N) is 2. The molecule has 0 bridgehead atoms. The molecule has 1 aliphatic heterocycles. The largest absolute Gasteiger partial charge is 0.390 e. The molecule has 4 nitrogen and oxygen atoms in total. The summed E-state index contributed by atoms with van der Waals surface area (Å²) in [6, 6.07) is 3.74. The lowest BCUT2D eigenvalue weighted by atomic mass is 10.2. The van der Waals surface area contributed by atoms with Gasteiger partial charge < -0.3 is 10.4 Å². The molecule has 14 heavy (non-hydrogen) atoms. The van der Waals surface area contributed by atoms with E-state index in [4.69, 9.17) is 5.11 Å². The summed E-state index contributed by atoms with van der Waals surface area (Å²) in [6.07, 6.45) is 2.83. The first-order valence-electron chi connectivity index (χ1n) is 4.74. The van der Waals surface area contributed by atoms with Crippen LogP contribution < -0.4 is 5.32 Å². The van der Waals surface area contributed by atoms with Crippen LogP contribution in [0.4, 0.5) is 0 Å². The topological polar surface area (TPSA) is 57.5 Å². The van der Waals surface area contributed by atoms with E-state index in [1.54, 1.807) is 6.20 Å². The van der Waals surface area contributed by atoms with Gasteiger partial charge in [-0.2, -0.15) is 0 Å². The first-order valence-corrected chi connectivity index (χ1v) is 4.74. The van der Waals surface area contributed by atoms with Crippen molar-refractivity contribution in [3.63, 3.8) is 0 Å². The number of aromatic nitrogens is 1. The Morgan fingerprint density at radius 2 is 2.36 bits per heavy atom. The number of pyridine rings is 1. The standard InChI is InChI=1S/C10H13N3O/c14-7-9-3-2-8(6-13-9)10-11-4-1-5-12-10/h2-3,6,14H,1,4-5,7H2,(H,11,12). The molecule has 2 N–H and O–H groups in total. The highest BCUT2D eigenvalue weighted by Crippen LogP contribution is 2.03. The molecule has 0 aliphatic carbocycles. The van der Waals surface area contributed by atoms with Crippen LogP contribution in [-0.4, -0.2) is 29.0 Å². The third-order valence-corrected chi connectivity index (χ3v) is 2.16. The maximum Gasteiger partial charge on any atom is 0.129 e. The van der Waals surface area contributed by atoms with Crippen LogP contribution >= 0.6 is 0 Å². The van der Waals surface area contributed by atoms with Gasteiger partial charge >= 0.3 is 0 Å². The van der Waals surface area contributed by atoms with E-state index in [0.29, 0.717) is 5.69 Å². The van der Waals surface area contributed by atoms with Gasteiger partial charge in [-0.05, 0) is 18.6 Å². The Morgan fingerprint density at radius 1 is 1.43 bits per heavy atom. The van der Waals surface area contributed by atoms with Gasteiger partial charge in [-0.1, -0.05) is 0 Å². The Kier molecular flexibility index (Phi) is 2.74. The summed E-state index contributed by atoms with van der Waals surface area (Å²) in [5.41, 5.74) is 1.67. The second-order valence-electron chi connectivity index (χ2n) is 3.21. The minimum atomic E-state index is -0.0137. The lowest BCUT2D eigenvalue weighted by molar-refractivity contribution is 0.277. The molecule has 0 fully saturated rings. The summed E-state index contributed by atoms with van der Waals surface area (Å²) in [7, 11) is 0. The minimum Gasteiger partial charge on any atom is -0.390 e. The smallest absolute Gasteiger partial charge is 0.129 e. The second-order valence-corrected chi connectivity index (χ2v) is 3.21. The molecule has 1 aromatic heterocycles. The maximum absolute atomic E-state index is 8.83. The number of aliphatic hydroxyl groups is 1. The molecular weight excluding hydrogens is 178 g/mol. The number of nitrogens with one attached hydrogen (secondary N) is 1. The zero-order valence-electron chi connectivity index (χ0n) is 7.90. The highest BCUT2D eigenvalue weighted by Gasteiger charge is 2.06. The van der Waals surface area contributed by atoms with Gasteiger partial charge in [-0.25, -0.2) is 0 Å². The average molecular weight is 191 g/mol. The van der Waals surface area contributed by atoms with Gasteiger partial charge in [0.1, 0.15) is 5.84 Å². The number of amidine groups is 1. The fourth-order valence-corrected chi connectivity index (χ4v) is 1.38. The van der Waals surface area contributed by atoms with Crippen molar-refractivity contribution in [2.45, 2.75) is 13.0 Å². The van der Waals surface area contributed by atoms with Gasteiger partial charge in [0.2, 0.25) is 0 Å². The van der Waals surface area contributed by atoms with E-state index in [-0.39, 0.29) is 6.61 Å². The molecule has 74 valence electrons. The van der Waals surface area contributed by atoms with Crippen LogP contribution in [0, 0.1) is 0 Å². The quantitative estimate of drug-likeness (QED) is 0.707. The van der Waals surface area contributed by atoms with E-state index in [1.165, 1.54) is 0 Å². The maximum atomic E-state index is 8.83. The van der Waals surface area contributed by atoms with E-state index >= 15 is 0 Å². The van der Waals surface area contributed by atoms with Gasteiger partial charge in [0, 0.05) is 24.8 Å². The lowest BCUT2D eigenvalue weighted by Gasteiger charge is -2.14. The van der Waals surface area contributed by atoms with Gasteiger partial charge in [0.25, 0.3) is 0 Å². The molecule has 0 atom stereocenters. The van der Waals surface area contributed by atoms with Crippen LogP contribution in [0.1, 0.15) is 17.7 Å². The number of hydrogen-bond donors (Lipinski definition) is 2. The fourth-order valence-electron chi connectivity index (χ4n) is 1.38. The third kappa shape index (κ3) is 1.90. The Balaban J connectivity index is 2.19. The van der Waals surface area contributed by atoms with Crippen molar-refractivity contribution in [3.8, 4) is 0 Å². The molecule has 0 saturated heterocycles. The summed E-state index contributed by atoms with van der Waals surface area (Å²) in [4.78, 5) is 8.46. The van der Waals surface area contributed by atoms with Crippen molar-refractivity contribution in [2.24, 2.45) is 4.99 Å².